The molecule has 0 bridgehead atoms. The average molecular weight is 815 g/mol. The van der Waals surface area contributed by atoms with Crippen molar-refractivity contribution in [2.24, 2.45) is 0 Å². The lowest BCUT2D eigenvalue weighted by Gasteiger charge is -2.24. The van der Waals surface area contributed by atoms with Gasteiger partial charge >= 0.3 is 6.03 Å². The van der Waals surface area contributed by atoms with Crippen LogP contribution in [0.4, 0.5) is 33.4 Å². The number of urea groups is 1. The predicted octanol–water partition coefficient (Wildman–Crippen LogP) is 7.19. The third kappa shape index (κ3) is 11.8. The van der Waals surface area contributed by atoms with Crippen LogP contribution in [0.25, 0.3) is 10.8 Å². The third-order valence-electron chi connectivity index (χ3n) is 8.61. The first-order valence-corrected chi connectivity index (χ1v) is 20.0. The summed E-state index contributed by atoms with van der Waals surface area (Å²) in [6.45, 7) is 7.69. The van der Waals surface area contributed by atoms with Gasteiger partial charge in [0.1, 0.15) is 34.1 Å². The van der Waals surface area contributed by atoms with Gasteiger partial charge in [-0.05, 0) is 53.4 Å². The molecule has 15 nitrogen and oxygen atoms in total. The van der Waals surface area contributed by atoms with Gasteiger partial charge in [0.25, 0.3) is 5.91 Å². The zero-order valence-corrected chi connectivity index (χ0v) is 34.2. The number of carbonyl (C=O) groups is 2. The summed E-state index contributed by atoms with van der Waals surface area (Å²) in [7, 11) is 1.61. The fourth-order valence-electron chi connectivity index (χ4n) is 5.84. The van der Waals surface area contributed by atoms with Gasteiger partial charge in [0.05, 0.1) is 69.9 Å². The van der Waals surface area contributed by atoms with E-state index in [0.717, 1.165) is 16.3 Å². The van der Waals surface area contributed by atoms with E-state index in [2.05, 4.69) is 31.0 Å². The number of nitrogens with zero attached hydrogens (tertiary/aromatic N) is 1. The molecule has 0 spiro atoms. The van der Waals surface area contributed by atoms with Crippen LogP contribution in [0.15, 0.2) is 85.1 Å². The molecule has 4 aromatic carbocycles. The maximum atomic E-state index is 13.5. The lowest BCUT2D eigenvalue weighted by molar-refractivity contribution is 0.0338. The molecule has 1 unspecified atom stereocenters. The number of fused-ring (bicyclic) bond motifs is 1. The van der Waals surface area contributed by atoms with Gasteiger partial charge in [-0.1, -0.05) is 45.0 Å². The van der Waals surface area contributed by atoms with Crippen molar-refractivity contribution in [1.29, 1.82) is 0 Å². The number of rotatable bonds is 19. The number of aliphatic hydroxyl groups excluding tert-OH is 1. The second kappa shape index (κ2) is 20.5. The number of amides is 3. The summed E-state index contributed by atoms with van der Waals surface area (Å²) in [5.74, 6) is 1.97. The Kier molecular flexibility index (Phi) is 15.2. The Bertz CT molecular complexity index is 2230. The normalized spacial score (nSPS) is 11.7. The average Bonchev–Trinajstić information content (AvgIpc) is 3.19. The van der Waals surface area contributed by atoms with Crippen LogP contribution in [0.5, 0.6) is 23.0 Å². The second-order valence-corrected chi connectivity index (χ2v) is 15.0. The van der Waals surface area contributed by atoms with Crippen LogP contribution >= 0.6 is 0 Å². The van der Waals surface area contributed by atoms with E-state index < -0.39 is 17.0 Å². The van der Waals surface area contributed by atoms with Crippen LogP contribution in [0.3, 0.4) is 0 Å². The molecule has 5 rings (SSSR count). The summed E-state index contributed by atoms with van der Waals surface area (Å²) in [5, 5.41) is 22.2. The van der Waals surface area contributed by atoms with Gasteiger partial charge < -0.3 is 54.8 Å². The summed E-state index contributed by atoms with van der Waals surface area (Å²) >= 11 is 0. The van der Waals surface area contributed by atoms with Crippen molar-refractivity contribution in [2.75, 3.05) is 80.7 Å². The summed E-state index contributed by atoms with van der Waals surface area (Å²) in [5.41, 5.74) is 3.11. The smallest absolute Gasteiger partial charge is 0.323 e. The van der Waals surface area contributed by atoms with E-state index in [4.69, 9.17) is 28.8 Å². The first kappa shape index (κ1) is 43.2. The number of aromatic nitrogens is 1. The van der Waals surface area contributed by atoms with Crippen LogP contribution in [0, 0.1) is 0 Å². The molecule has 3 amide bonds. The fourth-order valence-corrected chi connectivity index (χ4v) is 6.30. The van der Waals surface area contributed by atoms with E-state index in [1.54, 1.807) is 48.7 Å². The van der Waals surface area contributed by atoms with Gasteiger partial charge in [0.2, 0.25) is 0 Å². The van der Waals surface area contributed by atoms with Crippen LogP contribution in [0.1, 0.15) is 36.7 Å². The third-order valence-corrected chi connectivity index (χ3v) is 9.12. The number of methoxy groups -OCH3 is 2. The number of ether oxygens (including phenoxy) is 5. The Balaban J connectivity index is 1.26. The molecule has 0 aliphatic rings. The molecule has 6 N–H and O–H groups in total. The van der Waals surface area contributed by atoms with Crippen molar-refractivity contribution in [1.82, 2.24) is 10.3 Å². The first-order chi connectivity index (χ1) is 27.9. The fraction of sp³-hybridized carbons (Fsp3) is 0.310. The van der Waals surface area contributed by atoms with Gasteiger partial charge in [0.15, 0.2) is 5.75 Å². The van der Waals surface area contributed by atoms with E-state index >= 15 is 0 Å². The highest BCUT2D eigenvalue weighted by molar-refractivity contribution is 7.85. The lowest BCUT2D eigenvalue weighted by Crippen LogP contribution is -2.28. The monoisotopic (exact) mass is 814 g/mol. The Hall–Kier alpha value is -5.94. The van der Waals surface area contributed by atoms with Crippen molar-refractivity contribution >= 4 is 62.3 Å². The predicted molar refractivity (Wildman–Crippen MR) is 228 cm³/mol. The van der Waals surface area contributed by atoms with E-state index in [-0.39, 0.29) is 24.5 Å². The maximum Gasteiger partial charge on any atom is 0.323 e. The summed E-state index contributed by atoms with van der Waals surface area (Å²) in [4.78, 5) is 30.8. The Labute approximate surface area is 340 Å². The van der Waals surface area contributed by atoms with Crippen molar-refractivity contribution in [3.63, 3.8) is 0 Å². The van der Waals surface area contributed by atoms with E-state index in [0.29, 0.717) is 83.5 Å². The zero-order chi connectivity index (χ0) is 41.7. The van der Waals surface area contributed by atoms with Crippen molar-refractivity contribution in [2.45, 2.75) is 26.2 Å². The summed E-state index contributed by atoms with van der Waals surface area (Å²) < 4.78 is 43.1. The topological polar surface area (TPSA) is 191 Å². The molecule has 0 aliphatic carbocycles. The van der Waals surface area contributed by atoms with Gasteiger partial charge in [-0.15, -0.1) is 0 Å². The summed E-state index contributed by atoms with van der Waals surface area (Å²) in [6, 6.07) is 22.9. The standard InChI is InChI=1S/C42H50N6O9S/c1-42(2,3)27-23-34(39(54-5)35(24-27)48-58(6)52)47-41(51)46-33-13-14-36(31-10-8-7-9-30(31)33)57-29-15-16-43-38(26-29)45-28-11-12-32(37(25-28)53-4)40(50)44-17-19-55-21-22-56-20-18-49/h7-16,23-26,48-49H,17-22H2,1-6H3,(H,43,45)(H,44,50)(H2,46,47,51). The number of carbonyl (C=O) groups excluding carboxylic acids is 2. The molecule has 16 heteroatoms. The molecular weight excluding hydrogens is 765 g/mol. The molecule has 0 radical (unpaired) electrons. The molecule has 0 saturated heterocycles. The number of nitrogens with one attached hydrogen (secondary N) is 5. The first-order valence-electron chi connectivity index (χ1n) is 18.5. The molecule has 0 saturated carbocycles. The highest BCUT2D eigenvalue weighted by atomic mass is 32.2. The van der Waals surface area contributed by atoms with Crippen molar-refractivity contribution < 1.29 is 42.6 Å². The van der Waals surface area contributed by atoms with E-state index in [9.17, 15) is 13.8 Å². The zero-order valence-electron chi connectivity index (χ0n) is 33.4. The van der Waals surface area contributed by atoms with Gasteiger partial charge in [0, 0.05) is 47.6 Å². The Morgan fingerprint density at radius 2 is 1.52 bits per heavy atom. The minimum atomic E-state index is -1.37. The largest absolute Gasteiger partial charge is 0.496 e. The SMILES string of the molecule is COc1cc(Nc2cc(Oc3ccc(NC(=O)Nc4cc(C(C)(C)C)cc(NS(C)=O)c4OC)c4ccccc34)ccn2)ccc1C(=O)NCCOCCOCCO. The Morgan fingerprint density at radius 1 is 0.793 bits per heavy atom. The molecule has 1 atom stereocenters. The van der Waals surface area contributed by atoms with Gasteiger partial charge in [-0.3, -0.25) is 4.79 Å². The molecule has 5 aromatic rings. The lowest BCUT2D eigenvalue weighted by atomic mass is 9.86. The van der Waals surface area contributed by atoms with Gasteiger partial charge in [-0.2, -0.15) is 0 Å². The van der Waals surface area contributed by atoms with Crippen molar-refractivity contribution in [3.8, 4) is 23.0 Å². The minimum absolute atomic E-state index is 0.0424. The van der Waals surface area contributed by atoms with Crippen LogP contribution in [0.2, 0.25) is 0 Å². The molecule has 0 fully saturated rings. The van der Waals surface area contributed by atoms with Gasteiger partial charge in [-0.25, -0.2) is 14.0 Å². The molecule has 308 valence electrons. The maximum absolute atomic E-state index is 13.5. The highest BCUT2D eigenvalue weighted by Gasteiger charge is 2.22. The number of hydrogen-bond donors (Lipinski definition) is 6. The molecule has 1 heterocycles. The molecule has 58 heavy (non-hydrogen) atoms. The molecule has 1 aromatic heterocycles. The highest BCUT2D eigenvalue weighted by Crippen LogP contribution is 2.40. The van der Waals surface area contributed by atoms with E-state index in [1.165, 1.54) is 20.5 Å². The van der Waals surface area contributed by atoms with Crippen LogP contribution < -0.4 is 40.2 Å². The quantitative estimate of drug-likeness (QED) is 0.0463. The molecule has 0 aliphatic heterocycles. The number of benzene rings is 4. The van der Waals surface area contributed by atoms with Crippen LogP contribution in [-0.4, -0.2) is 86.3 Å². The number of aliphatic hydroxyl groups is 1. The number of pyridine rings is 1. The van der Waals surface area contributed by atoms with Crippen LogP contribution in [-0.2, 0) is 25.9 Å². The molecular formula is C42H50N6O9S. The number of anilines is 5. The second-order valence-electron chi connectivity index (χ2n) is 13.9. The van der Waals surface area contributed by atoms with Crippen molar-refractivity contribution in [3.05, 3.63) is 96.2 Å². The minimum Gasteiger partial charge on any atom is -0.496 e. The number of hydrogen-bond acceptors (Lipinski definition) is 11. The Morgan fingerprint density at radius 3 is 2.22 bits per heavy atom. The van der Waals surface area contributed by atoms with E-state index in [1.807, 2.05) is 57.2 Å². The summed E-state index contributed by atoms with van der Waals surface area (Å²) in [6.07, 6.45) is 3.14.